The van der Waals surface area contributed by atoms with Crippen LogP contribution in [-0.4, -0.2) is 14.5 Å². The van der Waals surface area contributed by atoms with Crippen LogP contribution >= 0.6 is 0 Å². The van der Waals surface area contributed by atoms with Gasteiger partial charge in [0.25, 0.3) is 5.56 Å². The average molecular weight is 201 g/mol. The summed E-state index contributed by atoms with van der Waals surface area (Å²) in [4.78, 5) is 20.6. The summed E-state index contributed by atoms with van der Waals surface area (Å²) in [5.74, 6) is 0.887. The van der Waals surface area contributed by atoms with E-state index in [2.05, 4.69) is 9.97 Å². The molecule has 0 atom stereocenters. The van der Waals surface area contributed by atoms with Gasteiger partial charge >= 0.3 is 0 Å². The molecule has 0 unspecified atom stereocenters. The highest BCUT2D eigenvalue weighted by atomic mass is 16.1. The first-order valence-corrected chi connectivity index (χ1v) is 5.21. The molecular formula is C11H11N3O. The van der Waals surface area contributed by atoms with Crippen molar-refractivity contribution in [2.45, 2.75) is 25.8 Å². The second-order valence-electron chi connectivity index (χ2n) is 3.82. The number of nitrogens with zero attached hydrogens (tertiary/aromatic N) is 3. The predicted molar refractivity (Wildman–Crippen MR) is 56.7 cm³/mol. The quantitative estimate of drug-likeness (QED) is 0.642. The van der Waals surface area contributed by atoms with Crippen LogP contribution in [0.25, 0.3) is 11.0 Å². The lowest BCUT2D eigenvalue weighted by Crippen LogP contribution is -2.28. The molecule has 0 fully saturated rings. The first-order valence-electron chi connectivity index (χ1n) is 5.21. The molecule has 0 N–H and O–H groups in total. The molecule has 0 aliphatic carbocycles. The van der Waals surface area contributed by atoms with Gasteiger partial charge in [-0.1, -0.05) is 0 Å². The Labute approximate surface area is 86.6 Å². The highest BCUT2D eigenvalue weighted by Crippen LogP contribution is 2.12. The van der Waals surface area contributed by atoms with Crippen molar-refractivity contribution in [2.24, 2.45) is 0 Å². The average Bonchev–Trinajstić information content (AvgIpc) is 2.30. The Kier molecular flexibility index (Phi) is 1.80. The van der Waals surface area contributed by atoms with Crippen molar-refractivity contribution in [1.82, 2.24) is 14.5 Å². The van der Waals surface area contributed by atoms with Gasteiger partial charge < -0.3 is 0 Å². The van der Waals surface area contributed by atoms with E-state index < -0.39 is 0 Å². The van der Waals surface area contributed by atoms with Crippen LogP contribution < -0.4 is 5.56 Å². The van der Waals surface area contributed by atoms with Gasteiger partial charge in [-0.15, -0.1) is 0 Å². The van der Waals surface area contributed by atoms with Crippen LogP contribution in [0.5, 0.6) is 0 Å². The first kappa shape index (κ1) is 8.59. The van der Waals surface area contributed by atoms with Crippen LogP contribution in [0.1, 0.15) is 18.7 Å². The van der Waals surface area contributed by atoms with Gasteiger partial charge in [0, 0.05) is 19.2 Å². The third-order valence-corrected chi connectivity index (χ3v) is 2.84. The molecule has 0 aromatic carbocycles. The minimum atomic E-state index is 0.0581. The molecule has 4 nitrogen and oxygen atoms in total. The summed E-state index contributed by atoms with van der Waals surface area (Å²) in [6.45, 7) is 0.798. The minimum Gasteiger partial charge on any atom is -0.296 e. The van der Waals surface area contributed by atoms with Crippen molar-refractivity contribution < 1.29 is 0 Å². The van der Waals surface area contributed by atoms with Crippen molar-refractivity contribution in [3.63, 3.8) is 0 Å². The largest absolute Gasteiger partial charge is 0.296 e. The summed E-state index contributed by atoms with van der Waals surface area (Å²) in [7, 11) is 0. The molecule has 3 rings (SSSR count). The molecule has 1 aliphatic heterocycles. The molecule has 0 spiro atoms. The maximum Gasteiger partial charge on any atom is 0.263 e. The van der Waals surface area contributed by atoms with E-state index in [1.165, 1.54) is 0 Å². The molecule has 0 saturated heterocycles. The Hall–Kier alpha value is -1.71. The number of hydrogen-bond donors (Lipinski definition) is 0. The fourth-order valence-electron chi connectivity index (χ4n) is 2.07. The van der Waals surface area contributed by atoms with Crippen molar-refractivity contribution >= 4 is 11.0 Å². The van der Waals surface area contributed by atoms with Gasteiger partial charge in [-0.3, -0.25) is 9.36 Å². The molecule has 3 heterocycles. The van der Waals surface area contributed by atoms with E-state index in [0.717, 1.165) is 31.6 Å². The summed E-state index contributed by atoms with van der Waals surface area (Å²) in [6, 6.07) is 3.57. The van der Waals surface area contributed by atoms with E-state index >= 15 is 0 Å². The van der Waals surface area contributed by atoms with Crippen LogP contribution in [0.2, 0.25) is 0 Å². The maximum absolute atomic E-state index is 12.1. The van der Waals surface area contributed by atoms with E-state index in [1.54, 1.807) is 22.9 Å². The number of fused-ring (bicyclic) bond motifs is 2. The number of hydrogen-bond acceptors (Lipinski definition) is 3. The van der Waals surface area contributed by atoms with Crippen molar-refractivity contribution in [3.05, 3.63) is 34.5 Å². The van der Waals surface area contributed by atoms with Crippen molar-refractivity contribution in [3.8, 4) is 0 Å². The van der Waals surface area contributed by atoms with E-state index in [1.807, 2.05) is 0 Å². The van der Waals surface area contributed by atoms with Crippen LogP contribution in [0.4, 0.5) is 0 Å². The van der Waals surface area contributed by atoms with Crippen molar-refractivity contribution in [2.75, 3.05) is 0 Å². The molecule has 0 saturated carbocycles. The molecular weight excluding hydrogens is 190 g/mol. The summed E-state index contributed by atoms with van der Waals surface area (Å²) in [6.07, 6.45) is 4.75. The van der Waals surface area contributed by atoms with Gasteiger partial charge in [-0.05, 0) is 25.0 Å². The number of aryl methyl sites for hydroxylation is 1. The second kappa shape index (κ2) is 3.15. The van der Waals surface area contributed by atoms with E-state index in [-0.39, 0.29) is 5.56 Å². The number of aromatic nitrogens is 3. The zero-order chi connectivity index (χ0) is 10.3. The molecule has 4 heteroatoms. The molecule has 2 aromatic heterocycles. The van der Waals surface area contributed by atoms with Gasteiger partial charge in [-0.25, -0.2) is 9.97 Å². The monoisotopic (exact) mass is 201 g/mol. The molecule has 1 aliphatic rings. The maximum atomic E-state index is 12.1. The van der Waals surface area contributed by atoms with Gasteiger partial charge in [0.2, 0.25) is 0 Å². The topological polar surface area (TPSA) is 47.8 Å². The molecule has 0 amide bonds. The van der Waals surface area contributed by atoms with Gasteiger partial charge in [-0.2, -0.15) is 0 Å². The van der Waals surface area contributed by atoms with E-state index in [0.29, 0.717) is 11.0 Å². The van der Waals surface area contributed by atoms with E-state index in [9.17, 15) is 4.79 Å². The third-order valence-electron chi connectivity index (χ3n) is 2.84. The lowest BCUT2D eigenvalue weighted by molar-refractivity contribution is 0.500. The Morgan fingerprint density at radius 2 is 2.27 bits per heavy atom. The number of rotatable bonds is 0. The summed E-state index contributed by atoms with van der Waals surface area (Å²) < 4.78 is 1.79. The Morgan fingerprint density at radius 3 is 3.20 bits per heavy atom. The lowest BCUT2D eigenvalue weighted by Gasteiger charge is -2.17. The lowest BCUT2D eigenvalue weighted by atomic mass is 10.1. The Balaban J connectivity index is 2.41. The first-order chi connectivity index (χ1) is 7.36. The van der Waals surface area contributed by atoms with Gasteiger partial charge in [0.15, 0.2) is 5.65 Å². The van der Waals surface area contributed by atoms with Crippen LogP contribution in [0.3, 0.4) is 0 Å². The van der Waals surface area contributed by atoms with Gasteiger partial charge in [0.05, 0.1) is 5.39 Å². The Morgan fingerprint density at radius 1 is 1.33 bits per heavy atom. The molecule has 15 heavy (non-hydrogen) atoms. The smallest absolute Gasteiger partial charge is 0.263 e. The standard InChI is InChI=1S/C11H11N3O/c15-11-8-4-3-6-12-10(8)13-9-5-1-2-7-14(9)11/h3-4,6H,1-2,5,7H2. The highest BCUT2D eigenvalue weighted by molar-refractivity contribution is 5.72. The Bertz CT molecular complexity index is 574. The van der Waals surface area contributed by atoms with Crippen LogP contribution in [-0.2, 0) is 13.0 Å². The van der Waals surface area contributed by atoms with Crippen LogP contribution in [0, 0.1) is 0 Å². The summed E-state index contributed by atoms with van der Waals surface area (Å²) in [5, 5.41) is 0.628. The van der Waals surface area contributed by atoms with Gasteiger partial charge in [0.1, 0.15) is 5.82 Å². The van der Waals surface area contributed by atoms with E-state index in [4.69, 9.17) is 0 Å². The fraction of sp³-hybridized carbons (Fsp3) is 0.364. The number of pyridine rings is 1. The summed E-state index contributed by atoms with van der Waals surface area (Å²) in [5.41, 5.74) is 0.637. The molecule has 0 bridgehead atoms. The fourth-order valence-corrected chi connectivity index (χ4v) is 2.07. The van der Waals surface area contributed by atoms with Crippen LogP contribution in [0.15, 0.2) is 23.1 Å². The second-order valence-corrected chi connectivity index (χ2v) is 3.82. The zero-order valence-corrected chi connectivity index (χ0v) is 8.31. The summed E-state index contributed by atoms with van der Waals surface area (Å²) >= 11 is 0. The van der Waals surface area contributed by atoms with Crippen molar-refractivity contribution in [1.29, 1.82) is 0 Å². The third kappa shape index (κ3) is 1.25. The molecule has 0 radical (unpaired) electrons. The SMILES string of the molecule is O=c1c2cccnc2nc2n1CCCC2. The highest BCUT2D eigenvalue weighted by Gasteiger charge is 2.14. The minimum absolute atomic E-state index is 0.0581. The predicted octanol–water partition coefficient (Wildman–Crippen LogP) is 1.13. The molecule has 2 aromatic rings. The normalized spacial score (nSPS) is 15.2. The molecule has 76 valence electrons. The zero-order valence-electron chi connectivity index (χ0n) is 8.31.